The molecule has 1 aliphatic rings. The summed E-state index contributed by atoms with van der Waals surface area (Å²) < 4.78 is 8.51. The molecule has 2 aromatic carbocycles. The maximum atomic E-state index is 12.4. The summed E-state index contributed by atoms with van der Waals surface area (Å²) in [5.41, 5.74) is 5.49. The fourth-order valence-corrected chi connectivity index (χ4v) is 3.26. The van der Waals surface area contributed by atoms with Gasteiger partial charge in [-0.2, -0.15) is 8.75 Å². The van der Waals surface area contributed by atoms with Crippen LogP contribution in [0.2, 0.25) is 0 Å². The van der Waals surface area contributed by atoms with Crippen molar-refractivity contribution < 1.29 is 4.79 Å². The van der Waals surface area contributed by atoms with Gasteiger partial charge in [-0.3, -0.25) is 4.79 Å². The van der Waals surface area contributed by atoms with Crippen LogP contribution in [0.3, 0.4) is 0 Å². The molecule has 0 N–H and O–H groups in total. The Morgan fingerprint density at radius 2 is 1.57 bits per heavy atom. The van der Waals surface area contributed by atoms with Gasteiger partial charge >= 0.3 is 0 Å². The Kier molecular flexibility index (Phi) is 1.92. The predicted molar refractivity (Wildman–Crippen MR) is 79.4 cm³/mol. The fourth-order valence-electron chi connectivity index (χ4n) is 2.73. The topological polar surface area (TPSA) is 68.6 Å². The van der Waals surface area contributed by atoms with E-state index in [0.29, 0.717) is 28.0 Å². The molecule has 0 bridgehead atoms. The molecule has 0 unspecified atom stereocenters. The molecule has 5 nitrogen and oxygen atoms in total. The monoisotopic (exact) mass is 290 g/mol. The molecule has 1 aliphatic carbocycles. The second kappa shape index (κ2) is 3.67. The number of hydrogen-bond donors (Lipinski definition) is 0. The third-order valence-corrected chi connectivity index (χ3v) is 4.24. The molecule has 0 fully saturated rings. The van der Waals surface area contributed by atoms with Gasteiger partial charge in [0, 0.05) is 11.1 Å². The van der Waals surface area contributed by atoms with Gasteiger partial charge in [-0.05, 0) is 12.1 Å². The lowest BCUT2D eigenvalue weighted by molar-refractivity contribution is 0.103. The Hall–Kier alpha value is -2.73. The Bertz CT molecular complexity index is 1070. The van der Waals surface area contributed by atoms with Crippen LogP contribution in [0.25, 0.3) is 33.3 Å². The van der Waals surface area contributed by atoms with E-state index in [1.54, 1.807) is 0 Å². The van der Waals surface area contributed by atoms with Crippen LogP contribution in [0.1, 0.15) is 16.1 Å². The van der Waals surface area contributed by atoms with Crippen LogP contribution in [0.15, 0.2) is 36.4 Å². The van der Waals surface area contributed by atoms with Crippen LogP contribution in [0.4, 0.5) is 0 Å². The second-order valence-corrected chi connectivity index (χ2v) is 5.39. The van der Waals surface area contributed by atoms with Gasteiger partial charge in [-0.25, -0.2) is 9.97 Å². The first kappa shape index (κ1) is 11.0. The average molecular weight is 290 g/mol. The SMILES string of the molecule is O=C1c2ccccc2-c2nc3c(ccc4nsnc43)nc21. The molecular formula is C15H6N4OS. The molecule has 0 radical (unpaired) electrons. The minimum Gasteiger partial charge on any atom is -0.287 e. The Balaban J connectivity index is 1.97. The minimum absolute atomic E-state index is 0.0634. The van der Waals surface area contributed by atoms with E-state index in [1.165, 1.54) is 0 Å². The summed E-state index contributed by atoms with van der Waals surface area (Å²) in [6.07, 6.45) is 0. The van der Waals surface area contributed by atoms with Crippen LogP contribution in [0.5, 0.6) is 0 Å². The largest absolute Gasteiger partial charge is 0.287 e. The van der Waals surface area contributed by atoms with Crippen molar-refractivity contribution in [3.05, 3.63) is 47.7 Å². The van der Waals surface area contributed by atoms with Crippen molar-refractivity contribution in [3.63, 3.8) is 0 Å². The summed E-state index contributed by atoms with van der Waals surface area (Å²) in [5, 5.41) is 0. The Morgan fingerprint density at radius 1 is 0.762 bits per heavy atom. The van der Waals surface area contributed by atoms with Crippen molar-refractivity contribution in [2.24, 2.45) is 0 Å². The molecule has 21 heavy (non-hydrogen) atoms. The lowest BCUT2D eigenvalue weighted by Crippen LogP contribution is -2.00. The van der Waals surface area contributed by atoms with Crippen LogP contribution in [0, 0.1) is 0 Å². The van der Waals surface area contributed by atoms with Crippen molar-refractivity contribution in [2.45, 2.75) is 0 Å². The van der Waals surface area contributed by atoms with E-state index >= 15 is 0 Å². The normalized spacial score (nSPS) is 12.9. The second-order valence-electron chi connectivity index (χ2n) is 4.86. The third-order valence-electron chi connectivity index (χ3n) is 3.70. The molecule has 2 heterocycles. The van der Waals surface area contributed by atoms with Gasteiger partial charge in [0.15, 0.2) is 0 Å². The standard InChI is InChI=1S/C15H6N4OS/c20-15-8-4-2-1-3-7(8)11-14(15)16-9-5-6-10-13(12(9)17-11)19-21-18-10/h1-6H. The molecule has 2 aromatic heterocycles. The highest BCUT2D eigenvalue weighted by Gasteiger charge is 2.30. The van der Waals surface area contributed by atoms with Crippen molar-refractivity contribution in [2.75, 3.05) is 0 Å². The fraction of sp³-hybridized carbons (Fsp3) is 0. The summed E-state index contributed by atoms with van der Waals surface area (Å²) in [6, 6.07) is 11.2. The van der Waals surface area contributed by atoms with E-state index in [4.69, 9.17) is 0 Å². The zero-order valence-corrected chi connectivity index (χ0v) is 11.4. The molecule has 6 heteroatoms. The lowest BCUT2D eigenvalue weighted by atomic mass is 10.1. The number of ketones is 1. The number of carbonyl (C=O) groups excluding carboxylic acids is 1. The van der Waals surface area contributed by atoms with Crippen molar-refractivity contribution in [1.82, 2.24) is 18.7 Å². The van der Waals surface area contributed by atoms with E-state index in [1.807, 2.05) is 36.4 Å². The van der Waals surface area contributed by atoms with Gasteiger partial charge in [0.25, 0.3) is 0 Å². The van der Waals surface area contributed by atoms with Gasteiger partial charge < -0.3 is 0 Å². The molecule has 0 amide bonds. The van der Waals surface area contributed by atoms with E-state index in [2.05, 4.69) is 18.7 Å². The Labute approximate surface area is 122 Å². The van der Waals surface area contributed by atoms with Crippen molar-refractivity contribution >= 4 is 39.6 Å². The number of hydrogen-bond acceptors (Lipinski definition) is 6. The van der Waals surface area contributed by atoms with Crippen LogP contribution >= 0.6 is 11.7 Å². The number of aromatic nitrogens is 4. The molecule has 4 aromatic rings. The molecule has 0 aliphatic heterocycles. The summed E-state index contributed by atoms with van der Waals surface area (Å²) in [5.74, 6) is -0.0634. The van der Waals surface area contributed by atoms with Crippen LogP contribution < -0.4 is 0 Å². The van der Waals surface area contributed by atoms with Gasteiger partial charge in [-0.1, -0.05) is 24.3 Å². The Morgan fingerprint density at radius 3 is 2.48 bits per heavy atom. The molecular weight excluding hydrogens is 284 g/mol. The van der Waals surface area contributed by atoms with E-state index in [9.17, 15) is 4.79 Å². The average Bonchev–Trinajstić information content (AvgIpc) is 3.10. The number of carbonyl (C=O) groups is 1. The first-order valence-corrected chi connectivity index (χ1v) is 7.13. The first-order chi connectivity index (χ1) is 10.3. The van der Waals surface area contributed by atoms with Crippen LogP contribution in [-0.4, -0.2) is 24.5 Å². The van der Waals surface area contributed by atoms with E-state index in [-0.39, 0.29) is 5.78 Å². The highest BCUT2D eigenvalue weighted by Crippen LogP contribution is 2.35. The lowest BCUT2D eigenvalue weighted by Gasteiger charge is -2.01. The molecule has 0 atom stereocenters. The summed E-state index contributed by atoms with van der Waals surface area (Å²) in [7, 11) is 0. The smallest absolute Gasteiger partial charge is 0.214 e. The number of nitrogens with zero attached hydrogens (tertiary/aromatic N) is 4. The van der Waals surface area contributed by atoms with Crippen molar-refractivity contribution in [1.29, 1.82) is 0 Å². The summed E-state index contributed by atoms with van der Waals surface area (Å²) in [6.45, 7) is 0. The molecule has 0 saturated heterocycles. The number of fused-ring (bicyclic) bond motifs is 6. The predicted octanol–water partition coefficient (Wildman–Crippen LogP) is 2.85. The zero-order chi connectivity index (χ0) is 14.0. The van der Waals surface area contributed by atoms with Gasteiger partial charge in [-0.15, -0.1) is 0 Å². The third kappa shape index (κ3) is 1.32. The molecule has 0 spiro atoms. The highest BCUT2D eigenvalue weighted by molar-refractivity contribution is 7.00. The summed E-state index contributed by atoms with van der Waals surface area (Å²) in [4.78, 5) is 21.6. The van der Waals surface area contributed by atoms with E-state index in [0.717, 1.165) is 28.3 Å². The molecule has 0 saturated carbocycles. The number of benzene rings is 2. The first-order valence-electron chi connectivity index (χ1n) is 6.40. The van der Waals surface area contributed by atoms with Crippen LogP contribution in [-0.2, 0) is 0 Å². The van der Waals surface area contributed by atoms with Gasteiger partial charge in [0.2, 0.25) is 5.78 Å². The maximum absolute atomic E-state index is 12.4. The molecule has 5 rings (SSSR count). The zero-order valence-electron chi connectivity index (χ0n) is 10.6. The highest BCUT2D eigenvalue weighted by atomic mass is 32.1. The van der Waals surface area contributed by atoms with E-state index < -0.39 is 0 Å². The minimum atomic E-state index is -0.0634. The molecule has 98 valence electrons. The maximum Gasteiger partial charge on any atom is 0.214 e. The number of rotatable bonds is 0. The quantitative estimate of drug-likeness (QED) is 0.438. The van der Waals surface area contributed by atoms with Gasteiger partial charge in [0.05, 0.1) is 17.2 Å². The summed E-state index contributed by atoms with van der Waals surface area (Å²) >= 11 is 1.15. The van der Waals surface area contributed by atoms with Gasteiger partial charge in [0.1, 0.15) is 27.9 Å². The van der Waals surface area contributed by atoms with Crippen molar-refractivity contribution in [3.8, 4) is 11.3 Å².